The highest BCUT2D eigenvalue weighted by molar-refractivity contribution is 7.80. The van der Waals surface area contributed by atoms with E-state index in [9.17, 15) is 9.18 Å². The molecule has 28 heavy (non-hydrogen) atoms. The standard InChI is InChI=1S/C22H19FN2O2S/c23-20-9-5-4-8-19(20)21(26)25-22(28)24-17-10-12-18(13-11-17)27-15-14-16-6-2-1-3-7-16/h1-13H,14-15H2,(H2,24,25,26,28). The van der Waals surface area contributed by atoms with Crippen molar-refractivity contribution < 1.29 is 13.9 Å². The molecule has 4 nitrogen and oxygen atoms in total. The zero-order chi connectivity index (χ0) is 19.8. The molecule has 1 amide bonds. The summed E-state index contributed by atoms with van der Waals surface area (Å²) in [6, 6.07) is 23.1. The fourth-order valence-electron chi connectivity index (χ4n) is 2.54. The summed E-state index contributed by atoms with van der Waals surface area (Å²) < 4.78 is 19.4. The minimum atomic E-state index is -0.600. The predicted octanol–water partition coefficient (Wildman–Crippen LogP) is 4.57. The van der Waals surface area contributed by atoms with Crippen LogP contribution in [-0.2, 0) is 6.42 Å². The van der Waals surface area contributed by atoms with E-state index in [2.05, 4.69) is 22.8 Å². The number of hydrogen-bond donors (Lipinski definition) is 2. The van der Waals surface area contributed by atoms with Crippen molar-refractivity contribution in [2.45, 2.75) is 6.42 Å². The van der Waals surface area contributed by atoms with Gasteiger partial charge in [-0.1, -0.05) is 42.5 Å². The fraction of sp³-hybridized carbons (Fsp3) is 0.0909. The van der Waals surface area contributed by atoms with E-state index in [1.807, 2.05) is 30.3 Å². The van der Waals surface area contributed by atoms with Crippen LogP contribution in [0.15, 0.2) is 78.9 Å². The first-order valence-corrected chi connectivity index (χ1v) is 9.16. The van der Waals surface area contributed by atoms with Gasteiger partial charge < -0.3 is 10.1 Å². The Morgan fingerprint density at radius 3 is 2.32 bits per heavy atom. The maximum atomic E-state index is 13.6. The molecular weight excluding hydrogens is 375 g/mol. The average molecular weight is 394 g/mol. The van der Waals surface area contributed by atoms with Crippen molar-refractivity contribution in [3.8, 4) is 5.75 Å². The first kappa shape index (κ1) is 19.5. The molecule has 0 aliphatic rings. The van der Waals surface area contributed by atoms with E-state index in [1.165, 1.54) is 23.8 Å². The molecule has 3 rings (SSSR count). The number of carbonyl (C=O) groups is 1. The molecule has 3 aromatic rings. The number of halogens is 1. The van der Waals surface area contributed by atoms with Gasteiger partial charge in [-0.3, -0.25) is 10.1 Å². The normalized spacial score (nSPS) is 10.2. The van der Waals surface area contributed by atoms with Gasteiger partial charge in [0.25, 0.3) is 5.91 Å². The Balaban J connectivity index is 1.47. The van der Waals surface area contributed by atoms with Gasteiger partial charge in [0.2, 0.25) is 0 Å². The Morgan fingerprint density at radius 2 is 1.61 bits per heavy atom. The molecule has 0 fully saturated rings. The number of anilines is 1. The van der Waals surface area contributed by atoms with Crippen molar-refractivity contribution in [2.24, 2.45) is 0 Å². The van der Waals surface area contributed by atoms with Gasteiger partial charge in [-0.15, -0.1) is 0 Å². The number of carbonyl (C=O) groups excluding carboxylic acids is 1. The van der Waals surface area contributed by atoms with Crippen LogP contribution in [0.5, 0.6) is 5.75 Å². The lowest BCUT2D eigenvalue weighted by molar-refractivity contribution is 0.0974. The molecule has 0 spiro atoms. The number of benzene rings is 3. The molecule has 0 saturated carbocycles. The third-order valence-electron chi connectivity index (χ3n) is 3.96. The molecule has 0 radical (unpaired) electrons. The van der Waals surface area contributed by atoms with Crippen LogP contribution in [0.2, 0.25) is 0 Å². The van der Waals surface area contributed by atoms with Crippen molar-refractivity contribution in [1.29, 1.82) is 0 Å². The molecule has 0 aliphatic carbocycles. The van der Waals surface area contributed by atoms with E-state index in [0.29, 0.717) is 12.3 Å². The zero-order valence-corrected chi connectivity index (χ0v) is 15.8. The first-order valence-electron chi connectivity index (χ1n) is 8.75. The molecule has 0 aliphatic heterocycles. The van der Waals surface area contributed by atoms with Crippen molar-refractivity contribution in [2.75, 3.05) is 11.9 Å². The highest BCUT2D eigenvalue weighted by Gasteiger charge is 2.12. The molecule has 0 atom stereocenters. The van der Waals surface area contributed by atoms with Crippen molar-refractivity contribution in [3.63, 3.8) is 0 Å². The number of ether oxygens (including phenoxy) is 1. The average Bonchev–Trinajstić information content (AvgIpc) is 2.70. The quantitative estimate of drug-likeness (QED) is 0.601. The van der Waals surface area contributed by atoms with E-state index in [4.69, 9.17) is 17.0 Å². The van der Waals surface area contributed by atoms with Gasteiger partial charge in [0.15, 0.2) is 5.11 Å². The molecule has 0 saturated heterocycles. The molecule has 0 heterocycles. The maximum absolute atomic E-state index is 13.6. The van der Waals surface area contributed by atoms with Gasteiger partial charge in [-0.2, -0.15) is 0 Å². The maximum Gasteiger partial charge on any atom is 0.260 e. The van der Waals surface area contributed by atoms with Gasteiger partial charge in [-0.25, -0.2) is 4.39 Å². The van der Waals surface area contributed by atoms with Gasteiger partial charge in [0, 0.05) is 12.1 Å². The van der Waals surface area contributed by atoms with Gasteiger partial charge in [0.05, 0.1) is 12.2 Å². The minimum Gasteiger partial charge on any atom is -0.493 e. The lowest BCUT2D eigenvalue weighted by Crippen LogP contribution is -2.34. The third kappa shape index (κ3) is 5.62. The summed E-state index contributed by atoms with van der Waals surface area (Å²) in [5, 5.41) is 5.44. The lowest BCUT2D eigenvalue weighted by atomic mass is 10.2. The second kappa shape index (κ2) is 9.62. The summed E-state index contributed by atoms with van der Waals surface area (Å²) in [6.45, 7) is 0.577. The van der Waals surface area contributed by atoms with E-state index in [-0.39, 0.29) is 10.7 Å². The van der Waals surface area contributed by atoms with Gasteiger partial charge >= 0.3 is 0 Å². The van der Waals surface area contributed by atoms with Crippen LogP contribution in [0.4, 0.5) is 10.1 Å². The van der Waals surface area contributed by atoms with E-state index in [1.54, 1.807) is 18.2 Å². The second-order valence-corrected chi connectivity index (χ2v) is 6.40. The number of hydrogen-bond acceptors (Lipinski definition) is 3. The molecule has 2 N–H and O–H groups in total. The van der Waals surface area contributed by atoms with Crippen molar-refractivity contribution >= 4 is 28.9 Å². The number of thiocarbonyl (C=S) groups is 1. The first-order chi connectivity index (χ1) is 13.6. The summed E-state index contributed by atoms with van der Waals surface area (Å²) in [7, 11) is 0. The summed E-state index contributed by atoms with van der Waals surface area (Å²) in [5.74, 6) is -0.459. The minimum absolute atomic E-state index is 0.0613. The van der Waals surface area contributed by atoms with Crippen LogP contribution in [0.3, 0.4) is 0 Å². The highest BCUT2D eigenvalue weighted by Crippen LogP contribution is 2.16. The van der Waals surface area contributed by atoms with Crippen LogP contribution in [0, 0.1) is 5.82 Å². The van der Waals surface area contributed by atoms with E-state index < -0.39 is 11.7 Å². The SMILES string of the molecule is O=C(NC(=S)Nc1ccc(OCCc2ccccc2)cc1)c1ccccc1F. The largest absolute Gasteiger partial charge is 0.493 e. The highest BCUT2D eigenvalue weighted by atomic mass is 32.1. The molecule has 6 heteroatoms. The van der Waals surface area contributed by atoms with Gasteiger partial charge in [0.1, 0.15) is 11.6 Å². The van der Waals surface area contributed by atoms with Crippen LogP contribution in [0.1, 0.15) is 15.9 Å². The van der Waals surface area contributed by atoms with Crippen molar-refractivity contribution in [3.05, 3.63) is 95.8 Å². The Labute approximate surface area is 168 Å². The van der Waals surface area contributed by atoms with E-state index >= 15 is 0 Å². The molecule has 0 unspecified atom stereocenters. The second-order valence-electron chi connectivity index (χ2n) is 6.00. The fourth-order valence-corrected chi connectivity index (χ4v) is 2.75. The number of nitrogens with one attached hydrogen (secondary N) is 2. The van der Waals surface area contributed by atoms with Gasteiger partial charge in [-0.05, 0) is 54.2 Å². The Morgan fingerprint density at radius 1 is 0.929 bits per heavy atom. The topological polar surface area (TPSA) is 50.4 Å². The Bertz CT molecular complexity index is 946. The Kier molecular flexibility index (Phi) is 6.70. The zero-order valence-electron chi connectivity index (χ0n) is 15.0. The van der Waals surface area contributed by atoms with Crippen LogP contribution >= 0.6 is 12.2 Å². The molecule has 0 bridgehead atoms. The van der Waals surface area contributed by atoms with Crippen LogP contribution < -0.4 is 15.4 Å². The van der Waals surface area contributed by atoms with E-state index in [0.717, 1.165) is 12.2 Å². The van der Waals surface area contributed by atoms with Crippen LogP contribution in [-0.4, -0.2) is 17.6 Å². The number of amides is 1. The third-order valence-corrected chi connectivity index (χ3v) is 4.16. The molecule has 0 aromatic heterocycles. The molecule has 142 valence electrons. The van der Waals surface area contributed by atoms with Crippen molar-refractivity contribution in [1.82, 2.24) is 5.32 Å². The Hall–Kier alpha value is -3.25. The summed E-state index contributed by atoms with van der Waals surface area (Å²) >= 11 is 5.12. The molecular formula is C22H19FN2O2S. The summed E-state index contributed by atoms with van der Waals surface area (Å²) in [6.07, 6.45) is 0.826. The van der Waals surface area contributed by atoms with Crippen LogP contribution in [0.25, 0.3) is 0 Å². The monoisotopic (exact) mass is 394 g/mol. The molecule has 3 aromatic carbocycles. The lowest BCUT2D eigenvalue weighted by Gasteiger charge is -2.11. The summed E-state index contributed by atoms with van der Waals surface area (Å²) in [4.78, 5) is 12.1. The smallest absolute Gasteiger partial charge is 0.260 e. The number of rotatable bonds is 6. The summed E-state index contributed by atoms with van der Waals surface area (Å²) in [5.41, 5.74) is 1.85. The predicted molar refractivity (Wildman–Crippen MR) is 112 cm³/mol.